The first-order chi connectivity index (χ1) is 7.93. The van der Waals surface area contributed by atoms with Gasteiger partial charge in [0.1, 0.15) is 16.7 Å². The summed E-state index contributed by atoms with van der Waals surface area (Å²) < 4.78 is 20.6. The van der Waals surface area contributed by atoms with E-state index in [-0.39, 0.29) is 4.75 Å². The molecule has 0 aromatic heterocycles. The number of hydrogen-bond acceptors (Lipinski definition) is 2. The first-order valence-corrected chi connectivity index (χ1v) is 6.61. The second kappa shape index (κ2) is 5.96. The smallest absolute Gasteiger partial charge is 0.144 e. The van der Waals surface area contributed by atoms with Crippen molar-refractivity contribution in [2.24, 2.45) is 4.40 Å². The Labute approximate surface area is 106 Å². The second-order valence-corrected chi connectivity index (χ2v) is 6.64. The van der Waals surface area contributed by atoms with Crippen LogP contribution >= 0.6 is 0 Å². The summed E-state index contributed by atoms with van der Waals surface area (Å²) in [5.74, 6) is 0.827. The number of methoxy groups -OCH3 is 1. The van der Waals surface area contributed by atoms with Crippen LogP contribution in [-0.4, -0.2) is 22.3 Å². The van der Waals surface area contributed by atoms with E-state index in [9.17, 15) is 4.21 Å². The molecule has 1 atom stereocenters. The van der Waals surface area contributed by atoms with Crippen molar-refractivity contribution in [3.63, 3.8) is 0 Å². The van der Waals surface area contributed by atoms with Crippen LogP contribution in [0.4, 0.5) is 0 Å². The molecule has 0 amide bonds. The van der Waals surface area contributed by atoms with Crippen LogP contribution in [0.25, 0.3) is 0 Å². The van der Waals surface area contributed by atoms with Gasteiger partial charge in [-0.25, -0.2) is 4.21 Å². The number of ether oxygens (including phenoxy) is 1. The summed E-state index contributed by atoms with van der Waals surface area (Å²) in [4.78, 5) is 0. The number of hydrogen-bond donors (Lipinski definition) is 0. The van der Waals surface area contributed by atoms with E-state index in [4.69, 9.17) is 4.74 Å². The van der Waals surface area contributed by atoms with Crippen molar-refractivity contribution in [3.8, 4) is 5.75 Å². The quantitative estimate of drug-likeness (QED) is 0.774. The average molecular weight is 253 g/mol. The minimum absolute atomic E-state index is 0.301. The Morgan fingerprint density at radius 2 is 2.12 bits per heavy atom. The fourth-order valence-corrected chi connectivity index (χ4v) is 1.69. The Hall–Kier alpha value is -1.16. The van der Waals surface area contributed by atoms with E-state index in [0.717, 1.165) is 11.3 Å². The maximum absolute atomic E-state index is 11.7. The van der Waals surface area contributed by atoms with Crippen molar-refractivity contribution >= 4 is 17.2 Å². The lowest BCUT2D eigenvalue weighted by atomic mass is 10.1. The van der Waals surface area contributed by atoms with Gasteiger partial charge < -0.3 is 4.74 Å². The first kappa shape index (κ1) is 13.9. The molecular weight excluding hydrogens is 234 g/mol. The largest absolute Gasteiger partial charge is 0.497 e. The van der Waals surface area contributed by atoms with E-state index in [2.05, 4.69) is 4.40 Å². The molecule has 4 heteroatoms. The highest BCUT2D eigenvalue weighted by Crippen LogP contribution is 2.14. The second-order valence-electron chi connectivity index (χ2n) is 4.71. The van der Waals surface area contributed by atoms with Gasteiger partial charge in [0.05, 0.1) is 11.9 Å². The molecule has 0 spiro atoms. The zero-order chi connectivity index (χ0) is 12.9. The van der Waals surface area contributed by atoms with E-state index in [1.807, 2.05) is 45.0 Å². The van der Waals surface area contributed by atoms with E-state index >= 15 is 0 Å². The fraction of sp³-hybridized carbons (Fsp3) is 0.462. The molecule has 0 N–H and O–H groups in total. The predicted molar refractivity (Wildman–Crippen MR) is 73.1 cm³/mol. The van der Waals surface area contributed by atoms with Gasteiger partial charge in [0.15, 0.2) is 0 Å². The molecule has 0 heterocycles. The van der Waals surface area contributed by atoms with Crippen molar-refractivity contribution in [3.05, 3.63) is 29.8 Å². The molecule has 1 aromatic carbocycles. The molecule has 0 radical (unpaired) electrons. The molecule has 0 aliphatic carbocycles. The molecule has 0 saturated carbocycles. The topological polar surface area (TPSA) is 38.7 Å². The van der Waals surface area contributed by atoms with Crippen molar-refractivity contribution in [2.75, 3.05) is 7.11 Å². The van der Waals surface area contributed by atoms with Crippen molar-refractivity contribution in [2.45, 2.75) is 31.9 Å². The molecule has 3 nitrogen and oxygen atoms in total. The minimum atomic E-state index is -1.18. The summed E-state index contributed by atoms with van der Waals surface area (Å²) in [6.07, 6.45) is 2.37. The Morgan fingerprint density at radius 3 is 2.71 bits per heavy atom. The van der Waals surface area contributed by atoms with Crippen LogP contribution < -0.4 is 4.74 Å². The lowest BCUT2D eigenvalue weighted by Gasteiger charge is -2.12. The van der Waals surface area contributed by atoms with Gasteiger partial charge in [0.2, 0.25) is 0 Å². The summed E-state index contributed by atoms with van der Waals surface area (Å²) >= 11 is 0. The average Bonchev–Trinajstić information content (AvgIpc) is 2.28. The van der Waals surface area contributed by atoms with Crippen LogP contribution in [0.2, 0.25) is 0 Å². The van der Waals surface area contributed by atoms with E-state index < -0.39 is 11.0 Å². The molecule has 1 aromatic rings. The summed E-state index contributed by atoms with van der Waals surface area (Å²) in [7, 11) is 0.461. The van der Waals surface area contributed by atoms with Crippen LogP contribution in [0.1, 0.15) is 26.3 Å². The molecule has 0 aliphatic rings. The van der Waals surface area contributed by atoms with E-state index in [1.165, 1.54) is 0 Å². The van der Waals surface area contributed by atoms with Crippen LogP contribution in [-0.2, 0) is 17.4 Å². The summed E-state index contributed by atoms with van der Waals surface area (Å²) in [5.41, 5.74) is 1.10. The third-order valence-electron chi connectivity index (χ3n) is 2.16. The molecule has 0 bridgehead atoms. The molecule has 94 valence electrons. The zero-order valence-electron chi connectivity index (χ0n) is 10.8. The Morgan fingerprint density at radius 1 is 1.41 bits per heavy atom. The molecule has 0 fully saturated rings. The van der Waals surface area contributed by atoms with E-state index in [1.54, 1.807) is 13.3 Å². The third kappa shape index (κ3) is 4.69. The first-order valence-electron chi connectivity index (χ1n) is 5.51. The van der Waals surface area contributed by atoms with Crippen molar-refractivity contribution < 1.29 is 8.95 Å². The molecular formula is C13H19NO2S. The van der Waals surface area contributed by atoms with Crippen LogP contribution in [0.5, 0.6) is 5.75 Å². The van der Waals surface area contributed by atoms with Gasteiger partial charge in [-0.15, -0.1) is 0 Å². The van der Waals surface area contributed by atoms with Gasteiger partial charge in [-0.2, -0.15) is 4.40 Å². The number of rotatable bonds is 4. The predicted octanol–water partition coefficient (Wildman–Crippen LogP) is 2.77. The Bertz CT molecular complexity index is 422. The van der Waals surface area contributed by atoms with Crippen LogP contribution in [0, 0.1) is 0 Å². The van der Waals surface area contributed by atoms with Gasteiger partial charge >= 0.3 is 0 Å². The highest BCUT2D eigenvalue weighted by molar-refractivity contribution is 7.85. The lowest BCUT2D eigenvalue weighted by Crippen LogP contribution is -2.19. The van der Waals surface area contributed by atoms with Crippen LogP contribution in [0.3, 0.4) is 0 Å². The monoisotopic (exact) mass is 253 g/mol. The van der Waals surface area contributed by atoms with Gasteiger partial charge in [-0.3, -0.25) is 0 Å². The molecule has 17 heavy (non-hydrogen) atoms. The van der Waals surface area contributed by atoms with E-state index in [0.29, 0.717) is 6.42 Å². The summed E-state index contributed by atoms with van der Waals surface area (Å²) in [6.45, 7) is 5.73. The molecule has 0 saturated heterocycles. The minimum Gasteiger partial charge on any atom is -0.497 e. The van der Waals surface area contributed by atoms with Gasteiger partial charge in [0.25, 0.3) is 0 Å². The highest BCUT2D eigenvalue weighted by atomic mass is 32.2. The third-order valence-corrected chi connectivity index (χ3v) is 3.54. The van der Waals surface area contributed by atoms with Gasteiger partial charge in [0, 0.05) is 12.6 Å². The normalized spacial score (nSPS) is 13.9. The molecule has 1 unspecified atom stereocenters. The standard InChI is InChI=1S/C13H19NO2S/c1-13(2,3)17(15)14-9-8-11-6-5-7-12(10-11)16-4/h5-7,9-10H,8H2,1-4H3/b14-9+. The maximum Gasteiger partial charge on any atom is 0.144 e. The zero-order valence-corrected chi connectivity index (χ0v) is 11.6. The summed E-state index contributed by atoms with van der Waals surface area (Å²) in [6, 6.07) is 7.78. The lowest BCUT2D eigenvalue weighted by molar-refractivity contribution is 0.414. The summed E-state index contributed by atoms with van der Waals surface area (Å²) in [5, 5.41) is 0. The SMILES string of the molecule is COc1cccc(C/C=N/S(=O)C(C)(C)C)c1. The fourth-order valence-electron chi connectivity index (χ4n) is 1.17. The van der Waals surface area contributed by atoms with Gasteiger partial charge in [-0.05, 0) is 38.5 Å². The Kier molecular flexibility index (Phi) is 4.87. The van der Waals surface area contributed by atoms with Crippen LogP contribution in [0.15, 0.2) is 28.7 Å². The molecule has 1 rings (SSSR count). The van der Waals surface area contributed by atoms with Gasteiger partial charge in [-0.1, -0.05) is 12.1 Å². The number of benzene rings is 1. The Balaban J connectivity index is 2.61. The van der Waals surface area contributed by atoms with Crippen molar-refractivity contribution in [1.82, 2.24) is 0 Å². The van der Waals surface area contributed by atoms with Crippen molar-refractivity contribution in [1.29, 1.82) is 0 Å². The molecule has 0 aliphatic heterocycles. The number of nitrogens with zero attached hydrogens (tertiary/aromatic N) is 1. The maximum atomic E-state index is 11.7. The highest BCUT2D eigenvalue weighted by Gasteiger charge is 2.17.